The fourth-order valence-corrected chi connectivity index (χ4v) is 6.70. The van der Waals surface area contributed by atoms with Crippen LogP contribution < -0.4 is 9.64 Å². The number of fused-ring (bicyclic) bond motifs is 2. The number of rotatable bonds is 6. The van der Waals surface area contributed by atoms with E-state index in [2.05, 4.69) is 19.9 Å². The molecule has 0 fully saturated rings. The van der Waals surface area contributed by atoms with E-state index in [1.165, 1.54) is 40.7 Å². The van der Waals surface area contributed by atoms with E-state index in [1.54, 1.807) is 12.1 Å². The van der Waals surface area contributed by atoms with Gasteiger partial charge in [0.2, 0.25) is 5.78 Å². The molecule has 1 N–H and O–H groups in total. The van der Waals surface area contributed by atoms with Crippen molar-refractivity contribution in [1.82, 2.24) is 4.98 Å². The average Bonchev–Trinajstić information content (AvgIpc) is 3.68. The van der Waals surface area contributed by atoms with Crippen LogP contribution in [0.15, 0.2) is 69.7 Å². The number of carbonyl (C=O) groups excluding carboxylic acids is 2. The second-order valence-corrected chi connectivity index (χ2v) is 11.6. The molecule has 1 amide bonds. The number of nitrogens with zero attached hydrogens (tertiary/aromatic N) is 2. The molecule has 6 rings (SSSR count). The molecule has 3 aromatic heterocycles. The summed E-state index contributed by atoms with van der Waals surface area (Å²) in [5, 5.41) is 14.3. The monoisotopic (exact) mass is 564 g/mol. The number of aliphatic hydroxyl groups excluding tert-OH is 1. The van der Waals surface area contributed by atoms with Crippen LogP contribution in [0.1, 0.15) is 46.8 Å². The van der Waals surface area contributed by atoms with Crippen LogP contribution in [0.5, 0.6) is 5.75 Å². The van der Waals surface area contributed by atoms with E-state index in [1.807, 2.05) is 29.6 Å². The van der Waals surface area contributed by atoms with Gasteiger partial charge in [0.15, 0.2) is 28.0 Å². The van der Waals surface area contributed by atoms with Crippen LogP contribution in [0.4, 0.5) is 5.13 Å². The average molecular weight is 565 g/mol. The lowest BCUT2D eigenvalue weighted by Gasteiger charge is -2.22. The first-order valence-corrected chi connectivity index (χ1v) is 13.9. The molecule has 1 atom stereocenters. The molecule has 0 saturated carbocycles. The van der Waals surface area contributed by atoms with Crippen LogP contribution in [0.3, 0.4) is 0 Å². The Hall–Kier alpha value is -3.66. The topological polar surface area (TPSA) is 92.9 Å². The summed E-state index contributed by atoms with van der Waals surface area (Å²) in [6, 6.07) is 13.6. The molecule has 1 unspecified atom stereocenters. The number of hydrogen-bond donors (Lipinski definition) is 1. The Kier molecular flexibility index (Phi) is 6.02. The summed E-state index contributed by atoms with van der Waals surface area (Å²) in [6.07, 6.45) is 0. The summed E-state index contributed by atoms with van der Waals surface area (Å²) in [5.41, 5.74) is 2.19. The molecule has 4 heterocycles. The number of halogens is 1. The number of ketones is 1. The number of Topliss-reactive ketones (excluding diaryl/α,β-unsaturated/α-hetero) is 1. The quantitative estimate of drug-likeness (QED) is 0.213. The van der Waals surface area contributed by atoms with Gasteiger partial charge in [0.05, 0.1) is 22.9 Å². The summed E-state index contributed by atoms with van der Waals surface area (Å²) in [6.45, 7) is 4.22. The van der Waals surface area contributed by atoms with Crippen molar-refractivity contribution >= 4 is 72.3 Å². The lowest BCUT2D eigenvalue weighted by atomic mass is 10.0. The Morgan fingerprint density at radius 2 is 2.03 bits per heavy atom. The first kappa shape index (κ1) is 24.7. The van der Waals surface area contributed by atoms with Gasteiger partial charge in [0.1, 0.15) is 6.04 Å². The Balaban J connectivity index is 1.47. The highest BCUT2D eigenvalue weighted by Gasteiger charge is 2.47. The number of anilines is 1. The second-order valence-electron chi connectivity index (χ2n) is 9.20. The third kappa shape index (κ3) is 3.89. The van der Waals surface area contributed by atoms with Gasteiger partial charge >= 0.3 is 0 Å². The standard InChI is InChI=1S/C28H21ClN2O5S2/c1-13(2)14-6-7-17-21(11-14)38-28(30-17)31-23(20-5-4-8-37-20)22(25(33)27(31)34)24(32)18-10-15-9-16(29)12-19(35-3)26(15)36-18/h4-13,23,33H,1-3H3. The van der Waals surface area contributed by atoms with Crippen molar-refractivity contribution in [3.05, 3.63) is 86.5 Å². The van der Waals surface area contributed by atoms with Gasteiger partial charge in [-0.05, 0) is 47.2 Å². The van der Waals surface area contributed by atoms with E-state index in [-0.39, 0.29) is 11.3 Å². The number of benzene rings is 2. The zero-order chi connectivity index (χ0) is 26.7. The highest BCUT2D eigenvalue weighted by atomic mass is 35.5. The Morgan fingerprint density at radius 3 is 2.74 bits per heavy atom. The van der Waals surface area contributed by atoms with Crippen molar-refractivity contribution < 1.29 is 23.8 Å². The number of amides is 1. The number of aromatic nitrogens is 1. The molecule has 192 valence electrons. The zero-order valence-corrected chi connectivity index (χ0v) is 22.9. The summed E-state index contributed by atoms with van der Waals surface area (Å²) in [7, 11) is 1.48. The molecule has 10 heteroatoms. The van der Waals surface area contributed by atoms with E-state index in [0.29, 0.717) is 37.7 Å². The lowest BCUT2D eigenvalue weighted by molar-refractivity contribution is -0.117. The molecule has 38 heavy (non-hydrogen) atoms. The van der Waals surface area contributed by atoms with Crippen molar-refractivity contribution in [3.8, 4) is 5.75 Å². The number of thiophene rings is 1. The van der Waals surface area contributed by atoms with Crippen LogP contribution >= 0.6 is 34.3 Å². The molecule has 7 nitrogen and oxygen atoms in total. The molecule has 0 bridgehead atoms. The summed E-state index contributed by atoms with van der Waals surface area (Å²) in [4.78, 5) is 34.2. The van der Waals surface area contributed by atoms with Gasteiger partial charge in [-0.1, -0.05) is 48.9 Å². The smallest absolute Gasteiger partial charge is 0.296 e. The number of methoxy groups -OCH3 is 1. The van der Waals surface area contributed by atoms with Crippen molar-refractivity contribution in [2.75, 3.05) is 12.0 Å². The maximum absolute atomic E-state index is 13.9. The minimum Gasteiger partial charge on any atom is -0.503 e. The minimum absolute atomic E-state index is 0.0378. The van der Waals surface area contributed by atoms with Crippen LogP contribution in [0.25, 0.3) is 21.2 Å². The molecule has 0 aliphatic carbocycles. The van der Waals surface area contributed by atoms with Crippen LogP contribution in [-0.2, 0) is 4.79 Å². The molecular formula is C28H21ClN2O5S2. The SMILES string of the molecule is COc1cc(Cl)cc2cc(C(=O)C3=C(O)C(=O)N(c4nc5ccc(C(C)C)cc5s4)C3c3cccs3)oc12. The molecule has 1 aliphatic rings. The summed E-state index contributed by atoms with van der Waals surface area (Å²) >= 11 is 8.92. The molecule has 0 saturated heterocycles. The van der Waals surface area contributed by atoms with Gasteiger partial charge < -0.3 is 14.3 Å². The number of furan rings is 1. The number of thiazole rings is 1. The molecule has 0 spiro atoms. The normalized spacial score (nSPS) is 16.0. The molecule has 5 aromatic rings. The molecule has 1 aliphatic heterocycles. The fourth-order valence-electron chi connectivity index (χ4n) is 4.62. The number of ether oxygens (including phenoxy) is 1. The largest absolute Gasteiger partial charge is 0.503 e. The van der Waals surface area contributed by atoms with Crippen molar-refractivity contribution in [3.63, 3.8) is 0 Å². The van der Waals surface area contributed by atoms with Gasteiger partial charge in [-0.25, -0.2) is 4.98 Å². The summed E-state index contributed by atoms with van der Waals surface area (Å²) < 4.78 is 12.1. The highest BCUT2D eigenvalue weighted by molar-refractivity contribution is 7.22. The Morgan fingerprint density at radius 1 is 1.21 bits per heavy atom. The van der Waals surface area contributed by atoms with E-state index >= 15 is 0 Å². The predicted octanol–water partition coefficient (Wildman–Crippen LogP) is 7.67. The Labute approximate surface area is 230 Å². The molecule has 0 radical (unpaired) electrons. The zero-order valence-electron chi connectivity index (χ0n) is 20.5. The van der Waals surface area contributed by atoms with Crippen molar-refractivity contribution in [1.29, 1.82) is 0 Å². The number of carbonyl (C=O) groups is 2. The number of hydrogen-bond acceptors (Lipinski definition) is 8. The minimum atomic E-state index is -0.862. The first-order valence-electron chi connectivity index (χ1n) is 11.8. The van der Waals surface area contributed by atoms with Crippen molar-refractivity contribution in [2.24, 2.45) is 0 Å². The maximum atomic E-state index is 13.9. The predicted molar refractivity (Wildman–Crippen MR) is 150 cm³/mol. The van der Waals surface area contributed by atoms with Gasteiger partial charge in [-0.15, -0.1) is 11.3 Å². The van der Waals surface area contributed by atoms with Gasteiger partial charge in [0, 0.05) is 21.4 Å². The van der Waals surface area contributed by atoms with E-state index in [9.17, 15) is 14.7 Å². The van der Waals surface area contributed by atoms with Gasteiger partial charge in [-0.3, -0.25) is 14.5 Å². The van der Waals surface area contributed by atoms with Crippen molar-refractivity contribution in [2.45, 2.75) is 25.8 Å². The third-order valence-electron chi connectivity index (χ3n) is 6.53. The fraction of sp³-hybridized carbons (Fsp3) is 0.179. The highest BCUT2D eigenvalue weighted by Crippen LogP contribution is 2.46. The van der Waals surface area contributed by atoms with E-state index < -0.39 is 23.5 Å². The third-order valence-corrected chi connectivity index (χ3v) is 8.69. The Bertz CT molecular complexity index is 1770. The van der Waals surface area contributed by atoms with E-state index in [0.717, 1.165) is 15.8 Å². The van der Waals surface area contributed by atoms with Crippen LogP contribution in [0, 0.1) is 0 Å². The summed E-state index contributed by atoms with van der Waals surface area (Å²) in [5.74, 6) is -1.24. The van der Waals surface area contributed by atoms with Gasteiger partial charge in [0.25, 0.3) is 5.91 Å². The molecule has 2 aromatic carbocycles. The van der Waals surface area contributed by atoms with Crippen LogP contribution in [-0.4, -0.2) is 28.9 Å². The number of aliphatic hydroxyl groups is 1. The van der Waals surface area contributed by atoms with Gasteiger partial charge in [-0.2, -0.15) is 0 Å². The first-order chi connectivity index (χ1) is 18.3. The molecular weight excluding hydrogens is 544 g/mol. The second kappa shape index (κ2) is 9.27. The maximum Gasteiger partial charge on any atom is 0.296 e. The lowest BCUT2D eigenvalue weighted by Crippen LogP contribution is -2.30. The van der Waals surface area contributed by atoms with Crippen LogP contribution in [0.2, 0.25) is 5.02 Å². The van der Waals surface area contributed by atoms with E-state index in [4.69, 9.17) is 25.7 Å².